The molecule has 0 saturated heterocycles. The molecule has 0 fully saturated rings. The van der Waals surface area contributed by atoms with Crippen molar-refractivity contribution in [3.8, 4) is 11.5 Å². The first-order chi connectivity index (χ1) is 11.5. The lowest BCUT2D eigenvalue weighted by Gasteiger charge is -2.26. The quantitative estimate of drug-likeness (QED) is 0.831. The summed E-state index contributed by atoms with van der Waals surface area (Å²) < 4.78 is 11.0. The lowest BCUT2D eigenvalue weighted by molar-refractivity contribution is -0.124. The number of ether oxygens (including phenoxy) is 2. The Labute approximate surface area is 154 Å². The van der Waals surface area contributed by atoms with E-state index >= 15 is 0 Å². The molecule has 126 valence electrons. The molecule has 1 aliphatic rings. The van der Waals surface area contributed by atoms with Crippen molar-refractivity contribution < 1.29 is 14.3 Å². The molecule has 0 bridgehead atoms. The van der Waals surface area contributed by atoms with Gasteiger partial charge in [-0.05, 0) is 30.3 Å². The van der Waals surface area contributed by atoms with Gasteiger partial charge in [-0.25, -0.2) is 0 Å². The van der Waals surface area contributed by atoms with Gasteiger partial charge in [0.15, 0.2) is 6.61 Å². The standard InChI is InChI=1S/C17H14Cl3NO3/c18-10-2-4-15-12(7-10)14(5-6-23-15)21-17(22)9-24-16-8-11(19)1-3-13(16)20/h1-4,7-8,14H,5-6,9H2,(H,21,22). The van der Waals surface area contributed by atoms with Crippen molar-refractivity contribution in [1.82, 2.24) is 5.32 Å². The van der Waals surface area contributed by atoms with Crippen molar-refractivity contribution in [2.75, 3.05) is 13.2 Å². The number of benzene rings is 2. The molecule has 2 aromatic rings. The number of rotatable bonds is 4. The minimum atomic E-state index is -0.260. The van der Waals surface area contributed by atoms with Crippen LogP contribution in [0.1, 0.15) is 18.0 Å². The first kappa shape index (κ1) is 17.2. The van der Waals surface area contributed by atoms with Crippen LogP contribution in [-0.2, 0) is 4.79 Å². The van der Waals surface area contributed by atoms with E-state index in [9.17, 15) is 4.79 Å². The third kappa shape index (κ3) is 4.07. The summed E-state index contributed by atoms with van der Waals surface area (Å²) in [6.45, 7) is 0.369. The van der Waals surface area contributed by atoms with Crippen molar-refractivity contribution in [2.24, 2.45) is 0 Å². The second-order valence-corrected chi connectivity index (χ2v) is 6.58. The maximum atomic E-state index is 12.2. The molecule has 0 aliphatic carbocycles. The molecule has 0 radical (unpaired) electrons. The molecule has 1 N–H and O–H groups in total. The van der Waals surface area contributed by atoms with Gasteiger partial charge in [-0.3, -0.25) is 4.79 Å². The minimum absolute atomic E-state index is 0.159. The van der Waals surface area contributed by atoms with Gasteiger partial charge < -0.3 is 14.8 Å². The number of amides is 1. The summed E-state index contributed by atoms with van der Waals surface area (Å²) in [6, 6.07) is 10.0. The summed E-state index contributed by atoms with van der Waals surface area (Å²) in [4.78, 5) is 12.2. The van der Waals surface area contributed by atoms with E-state index in [1.807, 2.05) is 0 Å². The molecule has 3 rings (SSSR count). The molecule has 4 nitrogen and oxygen atoms in total. The maximum absolute atomic E-state index is 12.2. The Morgan fingerprint density at radius 1 is 1.17 bits per heavy atom. The first-order valence-electron chi connectivity index (χ1n) is 7.32. The molecular formula is C17H14Cl3NO3. The van der Waals surface area contributed by atoms with Gasteiger partial charge in [0.05, 0.1) is 17.7 Å². The van der Waals surface area contributed by atoms with Crippen LogP contribution in [-0.4, -0.2) is 19.1 Å². The van der Waals surface area contributed by atoms with Gasteiger partial charge in [0.1, 0.15) is 11.5 Å². The highest BCUT2D eigenvalue weighted by molar-refractivity contribution is 6.34. The maximum Gasteiger partial charge on any atom is 0.258 e. The summed E-state index contributed by atoms with van der Waals surface area (Å²) in [5.41, 5.74) is 0.864. The highest BCUT2D eigenvalue weighted by atomic mass is 35.5. The molecule has 1 atom stereocenters. The van der Waals surface area contributed by atoms with Gasteiger partial charge in [0, 0.05) is 28.1 Å². The number of nitrogens with one attached hydrogen (secondary N) is 1. The summed E-state index contributed by atoms with van der Waals surface area (Å²) in [5.74, 6) is 0.841. The number of hydrogen-bond donors (Lipinski definition) is 1. The summed E-state index contributed by atoms with van der Waals surface area (Å²) in [7, 11) is 0. The third-order valence-electron chi connectivity index (χ3n) is 3.60. The van der Waals surface area contributed by atoms with Gasteiger partial charge in [0.2, 0.25) is 0 Å². The van der Waals surface area contributed by atoms with Crippen LogP contribution in [0.4, 0.5) is 0 Å². The van der Waals surface area contributed by atoms with Crippen molar-refractivity contribution >= 4 is 40.7 Å². The van der Waals surface area contributed by atoms with E-state index in [4.69, 9.17) is 44.3 Å². The third-order valence-corrected chi connectivity index (χ3v) is 4.38. The number of halogens is 3. The molecule has 7 heteroatoms. The predicted molar refractivity (Wildman–Crippen MR) is 94.4 cm³/mol. The second kappa shape index (κ2) is 7.51. The molecule has 1 amide bonds. The van der Waals surface area contributed by atoms with E-state index in [0.717, 1.165) is 11.3 Å². The van der Waals surface area contributed by atoms with Gasteiger partial charge in [-0.2, -0.15) is 0 Å². The summed E-state index contributed by atoms with van der Waals surface area (Å²) >= 11 is 17.9. The van der Waals surface area contributed by atoms with Crippen LogP contribution in [0.25, 0.3) is 0 Å². The number of fused-ring (bicyclic) bond motifs is 1. The molecule has 2 aromatic carbocycles. The zero-order valence-corrected chi connectivity index (χ0v) is 14.8. The number of carbonyl (C=O) groups is 1. The molecule has 0 saturated carbocycles. The zero-order chi connectivity index (χ0) is 17.1. The van der Waals surface area contributed by atoms with E-state index in [1.165, 1.54) is 0 Å². The fraction of sp³-hybridized carbons (Fsp3) is 0.235. The smallest absolute Gasteiger partial charge is 0.258 e. The van der Waals surface area contributed by atoms with Crippen LogP contribution in [0.2, 0.25) is 15.1 Å². The van der Waals surface area contributed by atoms with Gasteiger partial charge >= 0.3 is 0 Å². The fourth-order valence-electron chi connectivity index (χ4n) is 2.48. The Morgan fingerprint density at radius 2 is 1.92 bits per heavy atom. The van der Waals surface area contributed by atoms with Crippen LogP contribution in [0, 0.1) is 0 Å². The Morgan fingerprint density at radius 3 is 2.75 bits per heavy atom. The predicted octanol–water partition coefficient (Wildman–Crippen LogP) is 4.67. The first-order valence-corrected chi connectivity index (χ1v) is 8.46. The average molecular weight is 387 g/mol. The Hall–Kier alpha value is -1.62. The van der Waals surface area contributed by atoms with Crippen LogP contribution >= 0.6 is 34.8 Å². The molecule has 1 heterocycles. The van der Waals surface area contributed by atoms with Gasteiger partial charge in [-0.1, -0.05) is 34.8 Å². The van der Waals surface area contributed by atoms with Gasteiger partial charge in [0.25, 0.3) is 5.91 Å². The summed E-state index contributed by atoms with van der Waals surface area (Å²) in [6.07, 6.45) is 0.664. The van der Waals surface area contributed by atoms with E-state index in [0.29, 0.717) is 33.8 Å². The molecule has 1 unspecified atom stereocenters. The molecule has 0 spiro atoms. The Bertz CT molecular complexity index is 767. The van der Waals surface area contributed by atoms with Gasteiger partial charge in [-0.15, -0.1) is 0 Å². The van der Waals surface area contributed by atoms with Crippen molar-refractivity contribution in [1.29, 1.82) is 0 Å². The van der Waals surface area contributed by atoms with Crippen LogP contribution in [0.15, 0.2) is 36.4 Å². The van der Waals surface area contributed by atoms with Crippen molar-refractivity contribution in [2.45, 2.75) is 12.5 Å². The lowest BCUT2D eigenvalue weighted by atomic mass is 10.0. The molecule has 24 heavy (non-hydrogen) atoms. The second-order valence-electron chi connectivity index (χ2n) is 5.30. The normalized spacial score (nSPS) is 16.0. The Balaban J connectivity index is 1.64. The monoisotopic (exact) mass is 385 g/mol. The molecular weight excluding hydrogens is 373 g/mol. The molecule has 0 aromatic heterocycles. The van der Waals surface area contributed by atoms with Crippen LogP contribution < -0.4 is 14.8 Å². The zero-order valence-electron chi connectivity index (χ0n) is 12.5. The van der Waals surface area contributed by atoms with Crippen LogP contribution in [0.5, 0.6) is 11.5 Å². The number of hydrogen-bond acceptors (Lipinski definition) is 3. The number of carbonyl (C=O) groups excluding carboxylic acids is 1. The highest BCUT2D eigenvalue weighted by Gasteiger charge is 2.23. The largest absolute Gasteiger partial charge is 0.493 e. The minimum Gasteiger partial charge on any atom is -0.493 e. The summed E-state index contributed by atoms with van der Waals surface area (Å²) in [5, 5.41) is 4.41. The van der Waals surface area contributed by atoms with Crippen molar-refractivity contribution in [3.63, 3.8) is 0 Å². The lowest BCUT2D eigenvalue weighted by Crippen LogP contribution is -2.35. The average Bonchev–Trinajstić information content (AvgIpc) is 2.56. The SMILES string of the molecule is O=C(COc1cc(Cl)ccc1Cl)NC1CCOc2ccc(Cl)cc21. The Kier molecular flexibility index (Phi) is 5.39. The molecule has 1 aliphatic heterocycles. The van der Waals surface area contributed by atoms with Crippen molar-refractivity contribution in [3.05, 3.63) is 57.0 Å². The topological polar surface area (TPSA) is 47.6 Å². The van der Waals surface area contributed by atoms with E-state index in [1.54, 1.807) is 36.4 Å². The fourth-order valence-corrected chi connectivity index (χ4v) is 3.00. The van der Waals surface area contributed by atoms with E-state index < -0.39 is 0 Å². The van der Waals surface area contributed by atoms with E-state index in [-0.39, 0.29) is 18.6 Å². The van der Waals surface area contributed by atoms with E-state index in [2.05, 4.69) is 5.32 Å². The van der Waals surface area contributed by atoms with Crippen LogP contribution in [0.3, 0.4) is 0 Å². The highest BCUT2D eigenvalue weighted by Crippen LogP contribution is 2.34.